The highest BCUT2D eigenvalue weighted by atomic mass is 79.9. The van der Waals surface area contributed by atoms with Crippen molar-refractivity contribution >= 4 is 21.9 Å². The molecule has 0 saturated heterocycles. The van der Waals surface area contributed by atoms with E-state index in [1.54, 1.807) is 4.68 Å². The Kier molecular flexibility index (Phi) is 2.09. The number of hydrogen-bond donors (Lipinski definition) is 1. The van der Waals surface area contributed by atoms with Crippen molar-refractivity contribution in [3.8, 4) is 0 Å². The van der Waals surface area contributed by atoms with Crippen LogP contribution in [0.1, 0.15) is 16.2 Å². The first kappa shape index (κ1) is 8.71. The van der Waals surface area contributed by atoms with Gasteiger partial charge >= 0.3 is 5.97 Å². The SMILES string of the molecule is O=C(O)c1nn2c(c1Br)COCC2. The van der Waals surface area contributed by atoms with Crippen LogP contribution in [0.25, 0.3) is 0 Å². The predicted octanol–water partition coefficient (Wildman–Crippen LogP) is 0.874. The van der Waals surface area contributed by atoms with E-state index in [0.29, 0.717) is 24.2 Å². The highest BCUT2D eigenvalue weighted by molar-refractivity contribution is 9.10. The number of halogens is 1. The number of nitrogens with zero attached hydrogens (tertiary/aromatic N) is 2. The summed E-state index contributed by atoms with van der Waals surface area (Å²) in [6.07, 6.45) is 0. The summed E-state index contributed by atoms with van der Waals surface area (Å²) in [6.45, 7) is 1.61. The first-order chi connectivity index (χ1) is 6.20. The zero-order valence-corrected chi connectivity index (χ0v) is 8.24. The molecule has 0 atom stereocenters. The van der Waals surface area contributed by atoms with Crippen LogP contribution in [0.15, 0.2) is 4.47 Å². The van der Waals surface area contributed by atoms with Crippen LogP contribution in [0.4, 0.5) is 0 Å². The quantitative estimate of drug-likeness (QED) is 0.799. The van der Waals surface area contributed by atoms with Crippen LogP contribution < -0.4 is 0 Å². The van der Waals surface area contributed by atoms with Crippen LogP contribution in [0.3, 0.4) is 0 Å². The van der Waals surface area contributed by atoms with Gasteiger partial charge in [0.2, 0.25) is 0 Å². The van der Waals surface area contributed by atoms with E-state index in [4.69, 9.17) is 9.84 Å². The molecule has 1 aromatic heterocycles. The number of aromatic nitrogens is 2. The highest BCUT2D eigenvalue weighted by Crippen LogP contribution is 2.24. The Bertz CT molecular complexity index is 361. The maximum Gasteiger partial charge on any atom is 0.357 e. The smallest absolute Gasteiger partial charge is 0.357 e. The Labute approximate surface area is 82.4 Å². The zero-order valence-electron chi connectivity index (χ0n) is 6.66. The van der Waals surface area contributed by atoms with Gasteiger partial charge in [-0.05, 0) is 15.9 Å². The van der Waals surface area contributed by atoms with Crippen LogP contribution in [-0.4, -0.2) is 27.5 Å². The minimum Gasteiger partial charge on any atom is -0.476 e. The van der Waals surface area contributed by atoms with Gasteiger partial charge in [0.15, 0.2) is 5.69 Å². The van der Waals surface area contributed by atoms with E-state index >= 15 is 0 Å². The minimum atomic E-state index is -1.02. The summed E-state index contributed by atoms with van der Waals surface area (Å²) in [4.78, 5) is 10.7. The topological polar surface area (TPSA) is 64.3 Å². The van der Waals surface area contributed by atoms with Crippen molar-refractivity contribution in [3.05, 3.63) is 15.9 Å². The molecule has 0 unspecified atom stereocenters. The van der Waals surface area contributed by atoms with Gasteiger partial charge in [-0.1, -0.05) is 0 Å². The van der Waals surface area contributed by atoms with Crippen molar-refractivity contribution in [1.29, 1.82) is 0 Å². The minimum absolute atomic E-state index is 0.0560. The lowest BCUT2D eigenvalue weighted by Gasteiger charge is -2.13. The number of fused-ring (bicyclic) bond motifs is 1. The summed E-state index contributed by atoms with van der Waals surface area (Å²) in [7, 11) is 0. The van der Waals surface area contributed by atoms with Crippen molar-refractivity contribution in [3.63, 3.8) is 0 Å². The summed E-state index contributed by atoms with van der Waals surface area (Å²) in [5, 5.41) is 12.7. The van der Waals surface area contributed by atoms with Crippen LogP contribution in [-0.2, 0) is 17.9 Å². The first-order valence-corrected chi connectivity index (χ1v) is 4.55. The molecular weight excluding hydrogens is 240 g/mol. The molecule has 2 rings (SSSR count). The molecule has 70 valence electrons. The summed E-state index contributed by atoms with van der Waals surface area (Å²) >= 11 is 3.19. The van der Waals surface area contributed by atoms with E-state index in [1.165, 1.54) is 0 Å². The fraction of sp³-hybridized carbons (Fsp3) is 0.429. The lowest BCUT2D eigenvalue weighted by molar-refractivity contribution is 0.0684. The summed E-state index contributed by atoms with van der Waals surface area (Å²) < 4.78 is 7.38. The molecule has 0 amide bonds. The maximum absolute atomic E-state index is 10.7. The van der Waals surface area contributed by atoms with E-state index in [2.05, 4.69) is 21.0 Å². The van der Waals surface area contributed by atoms with Crippen LogP contribution >= 0.6 is 15.9 Å². The Morgan fingerprint density at radius 3 is 3.08 bits per heavy atom. The zero-order chi connectivity index (χ0) is 9.42. The van der Waals surface area contributed by atoms with E-state index in [1.807, 2.05) is 0 Å². The summed E-state index contributed by atoms with van der Waals surface area (Å²) in [6, 6.07) is 0. The molecule has 0 saturated carbocycles. The van der Waals surface area contributed by atoms with Gasteiger partial charge < -0.3 is 9.84 Å². The van der Waals surface area contributed by atoms with Crippen LogP contribution in [0.5, 0.6) is 0 Å². The second kappa shape index (κ2) is 3.12. The van der Waals surface area contributed by atoms with Gasteiger partial charge in [0, 0.05) is 0 Å². The van der Waals surface area contributed by atoms with E-state index < -0.39 is 5.97 Å². The number of carboxylic acid groups (broad SMARTS) is 1. The lowest BCUT2D eigenvalue weighted by atomic mass is 10.3. The molecule has 0 aromatic carbocycles. The first-order valence-electron chi connectivity index (χ1n) is 3.76. The Hall–Kier alpha value is -0.880. The molecule has 1 N–H and O–H groups in total. The van der Waals surface area contributed by atoms with Gasteiger partial charge in [0.05, 0.1) is 29.9 Å². The largest absolute Gasteiger partial charge is 0.476 e. The van der Waals surface area contributed by atoms with Gasteiger partial charge in [0.1, 0.15) is 0 Å². The third kappa shape index (κ3) is 1.36. The second-order valence-corrected chi connectivity index (χ2v) is 3.48. The Balaban J connectivity index is 2.50. The molecule has 0 aliphatic carbocycles. The number of carboxylic acids is 1. The van der Waals surface area contributed by atoms with Gasteiger partial charge in [-0.15, -0.1) is 0 Å². The standard InChI is InChI=1S/C7H7BrN2O3/c8-5-4-3-13-2-1-10(4)9-6(5)7(11)12/h1-3H2,(H,11,12). The number of ether oxygens (including phenoxy) is 1. The molecule has 13 heavy (non-hydrogen) atoms. The summed E-state index contributed by atoms with van der Waals surface area (Å²) in [5.74, 6) is -1.02. The van der Waals surface area contributed by atoms with Crippen molar-refractivity contribution < 1.29 is 14.6 Å². The molecule has 1 aliphatic rings. The summed E-state index contributed by atoms with van der Waals surface area (Å²) in [5.41, 5.74) is 0.851. The number of hydrogen-bond acceptors (Lipinski definition) is 3. The predicted molar refractivity (Wildman–Crippen MR) is 46.5 cm³/mol. The fourth-order valence-electron chi connectivity index (χ4n) is 1.25. The van der Waals surface area contributed by atoms with Gasteiger partial charge in [0.25, 0.3) is 0 Å². The molecule has 2 heterocycles. The molecule has 6 heteroatoms. The monoisotopic (exact) mass is 246 g/mol. The van der Waals surface area contributed by atoms with Crippen molar-refractivity contribution in [2.45, 2.75) is 13.2 Å². The molecule has 5 nitrogen and oxygen atoms in total. The third-order valence-electron chi connectivity index (χ3n) is 1.88. The van der Waals surface area contributed by atoms with Crippen molar-refractivity contribution in [1.82, 2.24) is 9.78 Å². The van der Waals surface area contributed by atoms with Crippen LogP contribution in [0.2, 0.25) is 0 Å². The molecule has 1 aromatic rings. The average molecular weight is 247 g/mol. The number of aromatic carboxylic acids is 1. The molecule has 0 fully saturated rings. The van der Waals surface area contributed by atoms with Gasteiger partial charge in [-0.2, -0.15) is 5.10 Å². The molecule has 0 bridgehead atoms. The van der Waals surface area contributed by atoms with Gasteiger partial charge in [-0.25, -0.2) is 4.79 Å². The average Bonchev–Trinajstić information content (AvgIpc) is 2.45. The van der Waals surface area contributed by atoms with Crippen molar-refractivity contribution in [2.24, 2.45) is 0 Å². The molecular formula is C7H7BrN2O3. The number of rotatable bonds is 1. The normalized spacial score (nSPS) is 15.5. The van der Waals surface area contributed by atoms with E-state index in [9.17, 15) is 4.79 Å². The lowest BCUT2D eigenvalue weighted by Crippen LogP contribution is -2.17. The fourth-order valence-corrected chi connectivity index (χ4v) is 1.82. The molecule has 0 spiro atoms. The molecule has 0 radical (unpaired) electrons. The third-order valence-corrected chi connectivity index (χ3v) is 2.72. The number of carbonyl (C=O) groups is 1. The van der Waals surface area contributed by atoms with Gasteiger partial charge in [-0.3, -0.25) is 4.68 Å². The molecule has 1 aliphatic heterocycles. The van der Waals surface area contributed by atoms with E-state index in [0.717, 1.165) is 5.69 Å². The van der Waals surface area contributed by atoms with E-state index in [-0.39, 0.29) is 5.69 Å². The highest BCUT2D eigenvalue weighted by Gasteiger charge is 2.22. The Morgan fingerprint density at radius 2 is 2.46 bits per heavy atom. The second-order valence-electron chi connectivity index (χ2n) is 2.69. The van der Waals surface area contributed by atoms with Crippen LogP contribution in [0, 0.1) is 0 Å². The van der Waals surface area contributed by atoms with Crippen molar-refractivity contribution in [2.75, 3.05) is 6.61 Å². The Morgan fingerprint density at radius 1 is 1.69 bits per heavy atom. The maximum atomic E-state index is 10.7.